The number of amides is 1. The fourth-order valence-corrected chi connectivity index (χ4v) is 3.39. The number of rotatable bonds is 6. The highest BCUT2D eigenvalue weighted by Crippen LogP contribution is 2.16. The summed E-state index contributed by atoms with van der Waals surface area (Å²) in [6, 6.07) is 2.05. The summed E-state index contributed by atoms with van der Waals surface area (Å²) in [5, 5.41) is 3.41. The van der Waals surface area contributed by atoms with E-state index < -0.39 is 0 Å². The first-order valence-corrected chi connectivity index (χ1v) is 8.68. The van der Waals surface area contributed by atoms with Crippen LogP contribution < -0.4 is 5.32 Å². The summed E-state index contributed by atoms with van der Waals surface area (Å²) in [5.41, 5.74) is 0.655. The molecule has 6 heteroatoms. The second-order valence-electron chi connectivity index (χ2n) is 6.32. The van der Waals surface area contributed by atoms with Crippen LogP contribution in [0.5, 0.6) is 0 Å². The summed E-state index contributed by atoms with van der Waals surface area (Å²) < 4.78 is 10.5. The van der Waals surface area contributed by atoms with E-state index in [1.807, 2.05) is 4.90 Å². The van der Waals surface area contributed by atoms with Crippen LogP contribution in [0.15, 0.2) is 23.0 Å². The maximum absolute atomic E-state index is 12.8. The lowest BCUT2D eigenvalue weighted by atomic mass is 10.0. The molecular weight excluding hydrogens is 294 g/mol. The van der Waals surface area contributed by atoms with Crippen LogP contribution in [-0.4, -0.2) is 74.2 Å². The zero-order valence-corrected chi connectivity index (χ0v) is 13.7. The predicted molar refractivity (Wildman–Crippen MR) is 87.5 cm³/mol. The van der Waals surface area contributed by atoms with Gasteiger partial charge in [0.2, 0.25) is 0 Å². The second-order valence-corrected chi connectivity index (χ2v) is 6.32. The van der Waals surface area contributed by atoms with Gasteiger partial charge in [-0.05, 0) is 31.9 Å². The molecule has 1 aromatic heterocycles. The van der Waals surface area contributed by atoms with E-state index >= 15 is 0 Å². The minimum absolute atomic E-state index is 0.0921. The average Bonchev–Trinajstić information content (AvgIpc) is 3.15. The van der Waals surface area contributed by atoms with Gasteiger partial charge >= 0.3 is 0 Å². The Labute approximate surface area is 137 Å². The topological polar surface area (TPSA) is 58.0 Å². The van der Waals surface area contributed by atoms with Gasteiger partial charge in [0, 0.05) is 38.8 Å². The number of furan rings is 1. The van der Waals surface area contributed by atoms with Crippen molar-refractivity contribution in [1.82, 2.24) is 15.1 Å². The van der Waals surface area contributed by atoms with Gasteiger partial charge in [-0.25, -0.2) is 0 Å². The van der Waals surface area contributed by atoms with Crippen LogP contribution in [0.1, 0.15) is 29.6 Å². The van der Waals surface area contributed by atoms with Gasteiger partial charge < -0.3 is 19.4 Å². The number of hydrogen-bond donors (Lipinski definition) is 1. The van der Waals surface area contributed by atoms with Crippen LogP contribution in [0, 0.1) is 0 Å². The highest BCUT2D eigenvalue weighted by molar-refractivity contribution is 5.94. The molecule has 2 saturated heterocycles. The molecule has 2 aliphatic rings. The Kier molecular flexibility index (Phi) is 6.07. The summed E-state index contributed by atoms with van der Waals surface area (Å²) in [6.07, 6.45) is 6.32. The molecule has 0 radical (unpaired) electrons. The molecule has 0 aliphatic carbocycles. The second kappa shape index (κ2) is 8.47. The van der Waals surface area contributed by atoms with E-state index in [1.165, 1.54) is 0 Å². The molecule has 3 rings (SSSR count). The van der Waals surface area contributed by atoms with E-state index in [0.717, 1.165) is 71.7 Å². The molecule has 2 fully saturated rings. The molecular formula is C17H27N3O3. The van der Waals surface area contributed by atoms with E-state index in [2.05, 4.69) is 10.2 Å². The molecule has 1 atom stereocenters. The van der Waals surface area contributed by atoms with Gasteiger partial charge in [-0.2, -0.15) is 0 Å². The number of nitrogens with one attached hydrogen (secondary N) is 1. The highest BCUT2D eigenvalue weighted by atomic mass is 16.5. The Morgan fingerprint density at radius 1 is 1.39 bits per heavy atom. The van der Waals surface area contributed by atoms with Gasteiger partial charge in [-0.3, -0.25) is 9.69 Å². The minimum Gasteiger partial charge on any atom is -0.472 e. The summed E-state index contributed by atoms with van der Waals surface area (Å²) in [6.45, 7) is 7.42. The third kappa shape index (κ3) is 4.56. The fourth-order valence-electron chi connectivity index (χ4n) is 3.39. The maximum Gasteiger partial charge on any atom is 0.257 e. The average molecular weight is 321 g/mol. The molecule has 1 aromatic rings. The molecule has 23 heavy (non-hydrogen) atoms. The van der Waals surface area contributed by atoms with Crippen molar-refractivity contribution >= 4 is 5.91 Å². The molecule has 6 nitrogen and oxygen atoms in total. The summed E-state index contributed by atoms with van der Waals surface area (Å²) in [4.78, 5) is 17.3. The summed E-state index contributed by atoms with van der Waals surface area (Å²) in [7, 11) is 0. The van der Waals surface area contributed by atoms with Gasteiger partial charge in [0.25, 0.3) is 5.91 Å². The van der Waals surface area contributed by atoms with Gasteiger partial charge in [-0.15, -0.1) is 0 Å². The van der Waals surface area contributed by atoms with Gasteiger partial charge in [0.15, 0.2) is 0 Å². The molecule has 0 saturated carbocycles. The lowest BCUT2D eigenvalue weighted by Crippen LogP contribution is -2.49. The number of morpholine rings is 1. The Balaban J connectivity index is 1.56. The SMILES string of the molecule is O=C(c1ccoc1)N(CCCN1CCOCC1)C1CCCNC1. The van der Waals surface area contributed by atoms with E-state index in [0.29, 0.717) is 5.56 Å². The van der Waals surface area contributed by atoms with Crippen molar-refractivity contribution in [2.24, 2.45) is 0 Å². The quantitative estimate of drug-likeness (QED) is 0.853. The first-order chi connectivity index (χ1) is 11.3. The molecule has 2 aliphatic heterocycles. The summed E-state index contributed by atoms with van der Waals surface area (Å²) >= 11 is 0. The molecule has 1 N–H and O–H groups in total. The number of hydrogen-bond acceptors (Lipinski definition) is 5. The normalized spacial score (nSPS) is 22.9. The zero-order chi connectivity index (χ0) is 15.9. The zero-order valence-electron chi connectivity index (χ0n) is 13.7. The van der Waals surface area contributed by atoms with Crippen molar-refractivity contribution in [3.05, 3.63) is 24.2 Å². The fraction of sp³-hybridized carbons (Fsp3) is 0.706. The van der Waals surface area contributed by atoms with Crippen molar-refractivity contribution in [2.45, 2.75) is 25.3 Å². The van der Waals surface area contributed by atoms with Crippen molar-refractivity contribution in [2.75, 3.05) is 52.5 Å². The Bertz CT molecular complexity index is 465. The van der Waals surface area contributed by atoms with Crippen LogP contribution in [0.25, 0.3) is 0 Å². The molecule has 0 bridgehead atoms. The lowest BCUT2D eigenvalue weighted by molar-refractivity contribution is 0.0342. The number of piperidine rings is 1. The monoisotopic (exact) mass is 321 g/mol. The third-order valence-corrected chi connectivity index (χ3v) is 4.72. The van der Waals surface area contributed by atoms with Gasteiger partial charge in [0.05, 0.1) is 25.0 Å². The van der Waals surface area contributed by atoms with Crippen molar-refractivity contribution in [3.8, 4) is 0 Å². The van der Waals surface area contributed by atoms with E-state index in [9.17, 15) is 4.79 Å². The van der Waals surface area contributed by atoms with Crippen LogP contribution >= 0.6 is 0 Å². The number of carbonyl (C=O) groups excluding carboxylic acids is 1. The Morgan fingerprint density at radius 3 is 2.96 bits per heavy atom. The molecule has 1 amide bonds. The molecule has 3 heterocycles. The van der Waals surface area contributed by atoms with Crippen LogP contribution in [0.4, 0.5) is 0 Å². The first kappa shape index (κ1) is 16.5. The number of ether oxygens (including phenoxy) is 1. The standard InChI is InChI=1S/C17H27N3O3/c21-17(15-4-10-23-14-15)20(16-3-1-5-18-13-16)7-2-6-19-8-11-22-12-9-19/h4,10,14,16,18H,1-3,5-9,11-13H2. The smallest absolute Gasteiger partial charge is 0.257 e. The Morgan fingerprint density at radius 2 is 2.26 bits per heavy atom. The Hall–Kier alpha value is -1.37. The van der Waals surface area contributed by atoms with Gasteiger partial charge in [-0.1, -0.05) is 0 Å². The van der Waals surface area contributed by atoms with Crippen molar-refractivity contribution in [3.63, 3.8) is 0 Å². The highest BCUT2D eigenvalue weighted by Gasteiger charge is 2.26. The molecule has 0 spiro atoms. The largest absolute Gasteiger partial charge is 0.472 e. The van der Waals surface area contributed by atoms with Crippen molar-refractivity contribution in [1.29, 1.82) is 0 Å². The first-order valence-electron chi connectivity index (χ1n) is 8.68. The summed E-state index contributed by atoms with van der Waals surface area (Å²) in [5.74, 6) is 0.0921. The maximum atomic E-state index is 12.8. The number of nitrogens with zero attached hydrogens (tertiary/aromatic N) is 2. The lowest BCUT2D eigenvalue weighted by Gasteiger charge is -2.35. The molecule has 1 unspecified atom stereocenters. The third-order valence-electron chi connectivity index (χ3n) is 4.72. The molecule has 0 aromatic carbocycles. The van der Waals surface area contributed by atoms with E-state index in [4.69, 9.17) is 9.15 Å². The van der Waals surface area contributed by atoms with E-state index in [1.54, 1.807) is 18.6 Å². The van der Waals surface area contributed by atoms with Crippen molar-refractivity contribution < 1.29 is 13.9 Å². The van der Waals surface area contributed by atoms with Gasteiger partial charge in [0.1, 0.15) is 6.26 Å². The predicted octanol–water partition coefficient (Wildman–Crippen LogP) is 1.20. The molecule has 128 valence electrons. The minimum atomic E-state index is 0.0921. The number of carbonyl (C=O) groups is 1. The van der Waals surface area contributed by atoms with Crippen LogP contribution in [0.2, 0.25) is 0 Å². The van der Waals surface area contributed by atoms with Crippen LogP contribution in [-0.2, 0) is 4.74 Å². The van der Waals surface area contributed by atoms with E-state index in [-0.39, 0.29) is 11.9 Å². The van der Waals surface area contributed by atoms with Crippen LogP contribution in [0.3, 0.4) is 0 Å².